The zero-order valence-corrected chi connectivity index (χ0v) is 15.2. The summed E-state index contributed by atoms with van der Waals surface area (Å²) in [5.74, 6) is 0. The molecule has 0 aromatic rings. The molecule has 0 bridgehead atoms. The van der Waals surface area contributed by atoms with Gasteiger partial charge in [0.2, 0.25) is 0 Å². The summed E-state index contributed by atoms with van der Waals surface area (Å²) < 4.78 is 31.0. The molecule has 0 N–H and O–H groups in total. The Morgan fingerprint density at radius 1 is 0.696 bits per heavy atom. The molecule has 0 aliphatic carbocycles. The van der Waals surface area contributed by atoms with Crippen molar-refractivity contribution >= 4 is 40.0 Å². The predicted octanol–water partition coefficient (Wildman–Crippen LogP) is 4.27. The van der Waals surface area contributed by atoms with Crippen molar-refractivity contribution < 1.29 is 21.8 Å². The van der Waals surface area contributed by atoms with Crippen molar-refractivity contribution in [1.29, 1.82) is 0 Å². The van der Waals surface area contributed by atoms with Crippen LogP contribution in [0.4, 0.5) is 0 Å². The summed E-state index contributed by atoms with van der Waals surface area (Å²) in [7, 11) is -3.98. The first-order valence-corrected chi connectivity index (χ1v) is 10.2. The van der Waals surface area contributed by atoms with E-state index >= 15 is 0 Å². The quantitative estimate of drug-likeness (QED) is 0.167. The van der Waals surface area contributed by atoms with Crippen LogP contribution in [-0.4, -0.2) is 51.2 Å². The van der Waals surface area contributed by atoms with Crippen LogP contribution in [0.2, 0.25) is 0 Å². The van der Waals surface area contributed by atoms with E-state index in [1.54, 1.807) is 6.92 Å². The zero-order chi connectivity index (χ0) is 16.5. The molecule has 0 spiro atoms. The van der Waals surface area contributed by atoms with Gasteiger partial charge < -0.3 is 0 Å². The molecular weight excluding hydrogens is 327 g/mol. The van der Waals surface area contributed by atoms with Crippen molar-refractivity contribution in [2.24, 2.45) is 0 Å². The van der Waals surface area contributed by atoms with Gasteiger partial charge in [-0.15, -0.1) is 0 Å². The Hall–Kier alpha value is 0.830. The molecule has 0 rings (SSSR count). The average Bonchev–Trinajstić information content (AvgIpc) is 2.50. The van der Waals surface area contributed by atoms with Crippen molar-refractivity contribution in [3.8, 4) is 0 Å². The maximum atomic E-state index is 11.1. The Morgan fingerprint density at radius 2 is 1.13 bits per heavy atom. The normalized spacial score (nSPS) is 11.4. The molecule has 0 heterocycles. The van der Waals surface area contributed by atoms with E-state index in [4.69, 9.17) is 0 Å². The molecule has 23 heavy (non-hydrogen) atoms. The molecule has 7 heteroatoms. The van der Waals surface area contributed by atoms with E-state index in [0.717, 1.165) is 19.3 Å². The molecule has 0 atom stereocenters. The predicted molar refractivity (Wildman–Crippen MR) is 95.8 cm³/mol. The van der Waals surface area contributed by atoms with E-state index in [-0.39, 0.29) is 42.8 Å². The maximum absolute atomic E-state index is 11.1. The van der Waals surface area contributed by atoms with Gasteiger partial charge in [-0.05, 0) is 13.3 Å². The van der Waals surface area contributed by atoms with Crippen LogP contribution in [0.3, 0.4) is 0 Å². The Morgan fingerprint density at radius 3 is 1.57 bits per heavy atom. The monoisotopic (exact) mass is 362 g/mol. The van der Waals surface area contributed by atoms with Gasteiger partial charge in [-0.2, -0.15) is 8.42 Å². The number of unbranched alkanes of at least 4 members (excludes halogenated alkanes) is 11. The fraction of sp³-hybridized carbons (Fsp3) is 1.00. The molecule has 0 saturated carbocycles. The summed E-state index contributed by atoms with van der Waals surface area (Å²) in [5.41, 5.74) is 0. The summed E-state index contributed by atoms with van der Waals surface area (Å²) in [5, 5.41) is 0. The number of hydrogen-bond donors (Lipinski definition) is 0. The number of rotatable bonds is 17. The standard InChI is InChI=1S/C16H34O5S.Na.H/c1-3-5-6-7-8-9-10-11-12-13-14-15-16-20-22(17,18)21-19-4-2;;/h3-16H2,1-2H3;;. The first kappa shape index (κ1) is 26.1. The SMILES string of the molecule is CCCCCCCCCCCCCCOS(=O)(=O)OOCC.[NaH]. The van der Waals surface area contributed by atoms with E-state index in [1.807, 2.05) is 0 Å². The Balaban J connectivity index is 0. The average molecular weight is 363 g/mol. The summed E-state index contributed by atoms with van der Waals surface area (Å²) in [4.78, 5) is 4.35. The molecular formula is C16H35NaO5S. The second kappa shape index (κ2) is 19.2. The van der Waals surface area contributed by atoms with Crippen molar-refractivity contribution in [2.45, 2.75) is 90.9 Å². The Kier molecular flexibility index (Phi) is 21.7. The van der Waals surface area contributed by atoms with Gasteiger partial charge >= 0.3 is 40.0 Å². The molecule has 0 radical (unpaired) electrons. The fourth-order valence-corrected chi connectivity index (χ4v) is 2.81. The van der Waals surface area contributed by atoms with Gasteiger partial charge in [0.05, 0.1) is 13.2 Å². The van der Waals surface area contributed by atoms with Crippen LogP contribution < -0.4 is 0 Å². The molecule has 0 fully saturated rings. The summed E-state index contributed by atoms with van der Waals surface area (Å²) >= 11 is 0. The van der Waals surface area contributed by atoms with Crippen LogP contribution in [0.15, 0.2) is 0 Å². The molecule has 0 saturated heterocycles. The molecule has 0 aromatic heterocycles. The van der Waals surface area contributed by atoms with Gasteiger partial charge in [0.1, 0.15) is 0 Å². The van der Waals surface area contributed by atoms with Gasteiger partial charge in [-0.3, -0.25) is 0 Å². The van der Waals surface area contributed by atoms with E-state index < -0.39 is 10.4 Å². The Labute approximate surface area is 165 Å². The van der Waals surface area contributed by atoms with E-state index in [0.29, 0.717) is 0 Å². The minimum absolute atomic E-state index is 0. The van der Waals surface area contributed by atoms with Crippen molar-refractivity contribution in [2.75, 3.05) is 13.2 Å². The van der Waals surface area contributed by atoms with Gasteiger partial charge in [0.15, 0.2) is 0 Å². The van der Waals surface area contributed by atoms with Crippen LogP contribution in [-0.2, 0) is 23.8 Å². The van der Waals surface area contributed by atoms with Crippen LogP contribution >= 0.6 is 0 Å². The third-order valence-electron chi connectivity index (χ3n) is 3.47. The van der Waals surface area contributed by atoms with E-state index in [2.05, 4.69) is 20.3 Å². The van der Waals surface area contributed by atoms with Crippen LogP contribution in [0.1, 0.15) is 90.9 Å². The van der Waals surface area contributed by atoms with Gasteiger partial charge in [-0.25, -0.2) is 9.07 Å². The molecule has 0 aromatic carbocycles. The molecule has 0 aliphatic heterocycles. The van der Waals surface area contributed by atoms with Gasteiger partial charge in [-0.1, -0.05) is 81.9 Å². The molecule has 5 nitrogen and oxygen atoms in total. The Bertz CT molecular complexity index is 322. The van der Waals surface area contributed by atoms with Crippen molar-refractivity contribution in [1.82, 2.24) is 0 Å². The van der Waals surface area contributed by atoms with Crippen molar-refractivity contribution in [3.63, 3.8) is 0 Å². The van der Waals surface area contributed by atoms with Crippen LogP contribution in [0.5, 0.6) is 0 Å². The fourth-order valence-electron chi connectivity index (χ4n) is 2.23. The van der Waals surface area contributed by atoms with Crippen LogP contribution in [0, 0.1) is 0 Å². The number of hydrogen-bond acceptors (Lipinski definition) is 5. The summed E-state index contributed by atoms with van der Waals surface area (Å²) in [6, 6.07) is 0. The van der Waals surface area contributed by atoms with Gasteiger partial charge in [0, 0.05) is 0 Å². The second-order valence-electron chi connectivity index (χ2n) is 5.59. The van der Waals surface area contributed by atoms with Crippen LogP contribution in [0.25, 0.3) is 0 Å². The topological polar surface area (TPSA) is 61.8 Å². The zero-order valence-electron chi connectivity index (χ0n) is 14.3. The summed E-state index contributed by atoms with van der Waals surface area (Å²) in [6.07, 6.45) is 14.8. The first-order valence-electron chi connectivity index (χ1n) is 8.82. The first-order chi connectivity index (χ1) is 10.6. The molecule has 0 aliphatic rings. The second-order valence-corrected chi connectivity index (χ2v) is 6.78. The van der Waals surface area contributed by atoms with E-state index in [9.17, 15) is 8.42 Å². The molecule has 0 unspecified atom stereocenters. The minimum atomic E-state index is -3.98. The third-order valence-corrected chi connectivity index (χ3v) is 4.19. The molecule has 136 valence electrons. The summed E-state index contributed by atoms with van der Waals surface area (Å²) in [6.45, 7) is 4.21. The van der Waals surface area contributed by atoms with Crippen molar-refractivity contribution in [3.05, 3.63) is 0 Å². The van der Waals surface area contributed by atoms with Gasteiger partial charge in [0.25, 0.3) is 0 Å². The molecule has 0 amide bonds. The third kappa shape index (κ3) is 20.8. The van der Waals surface area contributed by atoms with E-state index in [1.165, 1.54) is 57.8 Å².